The summed E-state index contributed by atoms with van der Waals surface area (Å²) in [6, 6.07) is 5.65. The monoisotopic (exact) mass is 552 g/mol. The number of alkyl halides is 4. The second kappa shape index (κ2) is 8.35. The van der Waals surface area contributed by atoms with Gasteiger partial charge in [0.05, 0.1) is 36.2 Å². The lowest BCUT2D eigenvalue weighted by Gasteiger charge is -2.51. The van der Waals surface area contributed by atoms with Crippen LogP contribution in [0.25, 0.3) is 5.70 Å². The van der Waals surface area contributed by atoms with Crippen molar-refractivity contribution in [1.29, 1.82) is 0 Å². The second-order valence-electron chi connectivity index (χ2n) is 9.32. The van der Waals surface area contributed by atoms with E-state index in [4.69, 9.17) is 4.84 Å². The predicted molar refractivity (Wildman–Crippen MR) is 118 cm³/mol. The van der Waals surface area contributed by atoms with Crippen molar-refractivity contribution < 1.29 is 49.5 Å². The molecule has 6 nitrogen and oxygen atoms in total. The highest BCUT2D eigenvalue weighted by molar-refractivity contribution is 8.25. The average molecular weight is 552 g/mol. The molecule has 3 heterocycles. The highest BCUT2D eigenvalue weighted by Crippen LogP contribution is 2.53. The predicted octanol–water partition coefficient (Wildman–Crippen LogP) is 4.82. The van der Waals surface area contributed by atoms with Crippen molar-refractivity contribution in [3.05, 3.63) is 76.6 Å². The van der Waals surface area contributed by atoms with Crippen LogP contribution < -0.4 is 5.48 Å². The maximum atomic E-state index is 15.3. The zero-order chi connectivity index (χ0) is 27.0. The zero-order valence-corrected chi connectivity index (χ0v) is 19.5. The van der Waals surface area contributed by atoms with Crippen LogP contribution in [0.2, 0.25) is 0 Å². The SMILES string of the molecule is O=C(C1CS(O)(O)C1)N1CC(F)(c2ccc(C3=CC(c4cc(F)c(F)c(F)c4)(C(F)(F)F)ON3)cc2)C1. The van der Waals surface area contributed by atoms with Gasteiger partial charge in [-0.2, -0.15) is 23.8 Å². The van der Waals surface area contributed by atoms with E-state index in [0.717, 1.165) is 0 Å². The molecule has 3 aliphatic heterocycles. The van der Waals surface area contributed by atoms with Gasteiger partial charge in [-0.1, -0.05) is 24.3 Å². The molecular weight excluding hydrogens is 533 g/mol. The maximum Gasteiger partial charge on any atom is 0.428 e. The third-order valence-corrected chi connectivity index (χ3v) is 8.57. The summed E-state index contributed by atoms with van der Waals surface area (Å²) in [5.41, 5.74) is -4.09. The Morgan fingerprint density at radius 3 is 2.11 bits per heavy atom. The molecule has 0 spiro atoms. The third kappa shape index (κ3) is 4.25. The van der Waals surface area contributed by atoms with Gasteiger partial charge >= 0.3 is 6.18 Å². The first-order valence-corrected chi connectivity index (χ1v) is 12.7. The van der Waals surface area contributed by atoms with E-state index in [1.54, 1.807) is 0 Å². The molecule has 0 radical (unpaired) electrons. The van der Waals surface area contributed by atoms with Crippen LogP contribution in [0.3, 0.4) is 0 Å². The quantitative estimate of drug-likeness (QED) is 0.374. The van der Waals surface area contributed by atoms with Crippen LogP contribution in [0.1, 0.15) is 16.7 Å². The smallest absolute Gasteiger partial charge is 0.335 e. The summed E-state index contributed by atoms with van der Waals surface area (Å²) in [6.45, 7) is -0.520. The van der Waals surface area contributed by atoms with Crippen LogP contribution in [-0.4, -0.2) is 50.7 Å². The normalized spacial score (nSPS) is 25.5. The lowest BCUT2D eigenvalue weighted by atomic mass is 9.86. The third-order valence-electron chi connectivity index (χ3n) is 6.70. The first-order valence-electron chi connectivity index (χ1n) is 10.8. The van der Waals surface area contributed by atoms with Gasteiger partial charge in [-0.25, -0.2) is 17.6 Å². The first kappa shape index (κ1) is 25.8. The highest BCUT2D eigenvalue weighted by atomic mass is 32.3. The van der Waals surface area contributed by atoms with Crippen LogP contribution in [0.15, 0.2) is 42.5 Å². The van der Waals surface area contributed by atoms with E-state index in [-0.39, 0.29) is 59.5 Å². The van der Waals surface area contributed by atoms with Crippen LogP contribution >= 0.6 is 10.6 Å². The number of rotatable bonds is 4. The van der Waals surface area contributed by atoms with E-state index < -0.39 is 57.0 Å². The van der Waals surface area contributed by atoms with Crippen LogP contribution in [0, 0.1) is 23.4 Å². The van der Waals surface area contributed by atoms with Gasteiger partial charge in [-0.15, -0.1) is 0 Å². The molecule has 1 unspecified atom stereocenters. The standard InChI is InChI=1S/C23H19F7N2O4S/c24-16-5-15(6-17(25)19(16)26)22(23(28,29)30)7-18(31-36-22)12-1-3-14(4-2-12)21(27)10-32(11-21)20(33)13-8-37(34,35)9-13/h1-7,13,31,34-35H,8-11H2. The Kier molecular flexibility index (Phi) is 5.83. The molecule has 0 aliphatic carbocycles. The average Bonchev–Trinajstić information content (AvgIpc) is 3.25. The summed E-state index contributed by atoms with van der Waals surface area (Å²) >= 11 is 0. The number of carbonyl (C=O) groups is 1. The molecule has 2 aromatic carbocycles. The molecule has 3 N–H and O–H groups in total. The van der Waals surface area contributed by atoms with Gasteiger partial charge in [0, 0.05) is 5.56 Å². The van der Waals surface area contributed by atoms with Gasteiger partial charge in [-0.3, -0.25) is 24.2 Å². The van der Waals surface area contributed by atoms with Crippen molar-refractivity contribution in [3.63, 3.8) is 0 Å². The number of hydrogen-bond acceptors (Lipinski definition) is 5. The molecule has 0 saturated carbocycles. The van der Waals surface area contributed by atoms with E-state index in [1.165, 1.54) is 29.2 Å². The fraction of sp³-hybridized carbons (Fsp3) is 0.348. The number of hydrogen-bond donors (Lipinski definition) is 3. The van der Waals surface area contributed by atoms with Crippen molar-refractivity contribution in [3.8, 4) is 0 Å². The van der Waals surface area contributed by atoms with E-state index in [0.29, 0.717) is 6.08 Å². The Morgan fingerprint density at radius 2 is 1.59 bits per heavy atom. The molecule has 2 fully saturated rings. The summed E-state index contributed by atoms with van der Waals surface area (Å²) < 4.78 is 117. The second-order valence-corrected chi connectivity index (χ2v) is 11.6. The molecule has 1 amide bonds. The molecule has 14 heteroatoms. The van der Waals surface area contributed by atoms with Crippen LogP contribution in [0.5, 0.6) is 0 Å². The van der Waals surface area contributed by atoms with Crippen molar-refractivity contribution in [2.24, 2.45) is 5.92 Å². The molecule has 0 aromatic heterocycles. The van der Waals surface area contributed by atoms with Gasteiger partial charge in [-0.05, 0) is 29.3 Å². The first-order chi connectivity index (χ1) is 17.1. The highest BCUT2D eigenvalue weighted by Gasteiger charge is 2.60. The van der Waals surface area contributed by atoms with Crippen molar-refractivity contribution in [2.45, 2.75) is 17.4 Å². The van der Waals surface area contributed by atoms with Gasteiger partial charge in [0.2, 0.25) is 11.5 Å². The number of carbonyl (C=O) groups excluding carboxylic acids is 1. The number of nitrogens with one attached hydrogen (secondary N) is 1. The van der Waals surface area contributed by atoms with Crippen LogP contribution in [0.4, 0.5) is 30.7 Å². The Labute approximate surface area is 207 Å². The van der Waals surface area contributed by atoms with Gasteiger partial charge in [0.1, 0.15) is 0 Å². The number of halogens is 7. The largest absolute Gasteiger partial charge is 0.428 e. The van der Waals surface area contributed by atoms with Crippen molar-refractivity contribution in [1.82, 2.24) is 10.4 Å². The molecule has 0 bridgehead atoms. The fourth-order valence-electron chi connectivity index (χ4n) is 4.60. The summed E-state index contributed by atoms with van der Waals surface area (Å²) in [4.78, 5) is 18.3. The van der Waals surface area contributed by atoms with Crippen molar-refractivity contribution >= 4 is 22.2 Å². The van der Waals surface area contributed by atoms with E-state index >= 15 is 4.39 Å². The van der Waals surface area contributed by atoms with Crippen molar-refractivity contribution in [2.75, 3.05) is 24.6 Å². The molecule has 200 valence electrons. The Bertz CT molecular complexity index is 1260. The van der Waals surface area contributed by atoms with Gasteiger partial charge in [0.25, 0.3) is 0 Å². The Hall–Kier alpha value is -2.81. The summed E-state index contributed by atoms with van der Waals surface area (Å²) in [7, 11) is -2.72. The number of benzene rings is 2. The minimum atomic E-state index is -5.20. The molecule has 37 heavy (non-hydrogen) atoms. The summed E-state index contributed by atoms with van der Waals surface area (Å²) in [6.07, 6.45) is -4.65. The van der Waals surface area contributed by atoms with Gasteiger partial charge < -0.3 is 4.90 Å². The van der Waals surface area contributed by atoms with Gasteiger partial charge in [0.15, 0.2) is 23.1 Å². The minimum Gasteiger partial charge on any atom is -0.335 e. The topological polar surface area (TPSA) is 82.0 Å². The van der Waals surface area contributed by atoms with E-state index in [9.17, 15) is 40.2 Å². The number of likely N-dealkylation sites (tertiary alicyclic amines) is 1. The van der Waals surface area contributed by atoms with E-state index in [1.807, 2.05) is 0 Å². The summed E-state index contributed by atoms with van der Waals surface area (Å²) in [5, 5.41) is 0. The number of amides is 1. The zero-order valence-electron chi connectivity index (χ0n) is 18.7. The molecule has 1 atom stereocenters. The number of nitrogens with zero attached hydrogens (tertiary/aromatic N) is 1. The molecule has 5 rings (SSSR count). The summed E-state index contributed by atoms with van der Waals surface area (Å²) in [5.74, 6) is -6.58. The number of hydroxylamine groups is 1. The fourth-order valence-corrected chi connectivity index (χ4v) is 6.07. The Morgan fingerprint density at radius 1 is 1.03 bits per heavy atom. The minimum absolute atomic E-state index is 0.0445. The van der Waals surface area contributed by atoms with Crippen LogP contribution in [-0.2, 0) is 20.9 Å². The molecule has 2 aromatic rings. The van der Waals surface area contributed by atoms with E-state index in [2.05, 4.69) is 5.48 Å². The Balaban J connectivity index is 1.35. The molecule has 3 aliphatic rings. The lowest BCUT2D eigenvalue weighted by molar-refractivity contribution is -0.269. The molecular formula is C23H19F7N2O4S. The maximum absolute atomic E-state index is 15.3. The molecule has 2 saturated heterocycles. The lowest BCUT2D eigenvalue weighted by Crippen LogP contribution is -2.62.